The molecule has 0 atom stereocenters. The molecule has 1 saturated heterocycles. The van der Waals surface area contributed by atoms with Crippen LogP contribution >= 0.6 is 0 Å². The molecule has 1 aromatic heterocycles. The molecule has 7 heteroatoms. The Morgan fingerprint density at radius 3 is 2.57 bits per heavy atom. The molecule has 0 saturated carbocycles. The second-order valence-corrected chi connectivity index (χ2v) is 8.06. The number of Topliss-reactive ketones (excluding diaryl/α,β-unsaturated/α-hetero) is 1. The van der Waals surface area contributed by atoms with Crippen LogP contribution in [0.25, 0.3) is 0 Å². The molecule has 4 rings (SSSR count). The standard InChI is InChI=1S/C23H28N4O3/c1-3-26-9-11-27(12-10-26)16-7-8-19(15(2)13-16)24-22(29)18-14-17-20(25-23(18)30)5-4-6-21(17)28/h7-8,13-14H,3-6,9-12H2,1-2H3,(H,24,29)(H,25,30). The van der Waals surface area contributed by atoms with Crippen molar-refractivity contribution in [3.8, 4) is 0 Å². The number of amides is 1. The van der Waals surface area contributed by atoms with E-state index in [9.17, 15) is 14.4 Å². The summed E-state index contributed by atoms with van der Waals surface area (Å²) in [5.41, 5.74) is 3.36. The van der Waals surface area contributed by atoms with Gasteiger partial charge in [-0.3, -0.25) is 14.4 Å². The van der Waals surface area contributed by atoms with E-state index in [2.05, 4.69) is 33.1 Å². The van der Waals surface area contributed by atoms with Gasteiger partial charge in [-0.15, -0.1) is 0 Å². The number of ketones is 1. The van der Waals surface area contributed by atoms with Crippen molar-refractivity contribution in [1.29, 1.82) is 0 Å². The third-order valence-corrected chi connectivity index (χ3v) is 6.14. The van der Waals surface area contributed by atoms with E-state index in [-0.39, 0.29) is 11.3 Å². The molecule has 2 heterocycles. The number of carbonyl (C=O) groups is 2. The number of likely N-dealkylation sites (N-methyl/N-ethyl adjacent to an activating group) is 1. The van der Waals surface area contributed by atoms with E-state index in [0.29, 0.717) is 29.8 Å². The van der Waals surface area contributed by atoms with Gasteiger partial charge in [-0.1, -0.05) is 6.92 Å². The first-order valence-electron chi connectivity index (χ1n) is 10.6. The van der Waals surface area contributed by atoms with Gasteiger partial charge in [0.25, 0.3) is 11.5 Å². The molecule has 1 aromatic carbocycles. The number of aromatic nitrogens is 1. The smallest absolute Gasteiger partial charge is 0.261 e. The number of H-pyrrole nitrogens is 1. The molecule has 158 valence electrons. The summed E-state index contributed by atoms with van der Waals surface area (Å²) < 4.78 is 0. The van der Waals surface area contributed by atoms with Gasteiger partial charge in [0.1, 0.15) is 5.56 Å². The molecule has 1 aliphatic carbocycles. The lowest BCUT2D eigenvalue weighted by Crippen LogP contribution is -2.46. The number of pyridine rings is 1. The Kier molecular flexibility index (Phi) is 5.72. The number of hydrogen-bond acceptors (Lipinski definition) is 5. The molecule has 0 unspecified atom stereocenters. The first-order chi connectivity index (χ1) is 14.5. The quantitative estimate of drug-likeness (QED) is 0.812. The Morgan fingerprint density at radius 2 is 1.87 bits per heavy atom. The van der Waals surface area contributed by atoms with E-state index in [4.69, 9.17) is 0 Å². The van der Waals surface area contributed by atoms with Gasteiger partial charge in [0.05, 0.1) is 0 Å². The summed E-state index contributed by atoms with van der Waals surface area (Å²) in [5.74, 6) is -0.518. The van der Waals surface area contributed by atoms with Gasteiger partial charge in [0.2, 0.25) is 0 Å². The van der Waals surface area contributed by atoms with Crippen molar-refractivity contribution >= 4 is 23.1 Å². The number of fused-ring (bicyclic) bond motifs is 1. The third-order valence-electron chi connectivity index (χ3n) is 6.14. The molecular weight excluding hydrogens is 380 g/mol. The molecule has 1 aliphatic heterocycles. The highest BCUT2D eigenvalue weighted by molar-refractivity contribution is 6.07. The highest BCUT2D eigenvalue weighted by Crippen LogP contribution is 2.25. The van der Waals surface area contributed by atoms with Crippen molar-refractivity contribution in [2.75, 3.05) is 42.9 Å². The van der Waals surface area contributed by atoms with E-state index < -0.39 is 11.5 Å². The number of nitrogens with one attached hydrogen (secondary N) is 2. The summed E-state index contributed by atoms with van der Waals surface area (Å²) in [5, 5.41) is 2.84. The average Bonchev–Trinajstić information content (AvgIpc) is 2.75. The van der Waals surface area contributed by atoms with E-state index >= 15 is 0 Å². The summed E-state index contributed by atoms with van der Waals surface area (Å²) in [4.78, 5) is 44.8. The summed E-state index contributed by atoms with van der Waals surface area (Å²) in [6.45, 7) is 9.27. The number of rotatable bonds is 4. The Bertz CT molecular complexity index is 1040. The minimum absolute atomic E-state index is 0.0229. The molecule has 0 spiro atoms. The van der Waals surface area contributed by atoms with Crippen molar-refractivity contribution in [1.82, 2.24) is 9.88 Å². The average molecular weight is 409 g/mol. The zero-order valence-electron chi connectivity index (χ0n) is 17.6. The molecule has 7 nitrogen and oxygen atoms in total. The Labute approximate surface area is 176 Å². The molecule has 1 amide bonds. The predicted octanol–water partition coefficient (Wildman–Crippen LogP) is 2.60. The maximum Gasteiger partial charge on any atom is 0.261 e. The van der Waals surface area contributed by atoms with Crippen molar-refractivity contribution in [2.24, 2.45) is 0 Å². The number of carbonyl (C=O) groups excluding carboxylic acids is 2. The largest absolute Gasteiger partial charge is 0.369 e. The summed E-state index contributed by atoms with van der Waals surface area (Å²) in [6, 6.07) is 7.40. The number of aromatic amines is 1. The van der Waals surface area contributed by atoms with Gasteiger partial charge >= 0.3 is 0 Å². The van der Waals surface area contributed by atoms with Crippen molar-refractivity contribution in [3.63, 3.8) is 0 Å². The fourth-order valence-electron chi connectivity index (χ4n) is 4.24. The normalized spacial score (nSPS) is 17.0. The first-order valence-corrected chi connectivity index (χ1v) is 10.6. The number of aryl methyl sites for hydroxylation is 2. The fraction of sp³-hybridized carbons (Fsp3) is 0.435. The molecule has 0 radical (unpaired) electrons. The topological polar surface area (TPSA) is 85.5 Å². The van der Waals surface area contributed by atoms with Crippen LogP contribution in [0.5, 0.6) is 0 Å². The van der Waals surface area contributed by atoms with Crippen LogP contribution in [0.4, 0.5) is 11.4 Å². The fourth-order valence-corrected chi connectivity index (χ4v) is 4.24. The molecular formula is C23H28N4O3. The van der Waals surface area contributed by atoms with Crippen LogP contribution in [0.3, 0.4) is 0 Å². The Morgan fingerprint density at radius 1 is 1.10 bits per heavy atom. The van der Waals surface area contributed by atoms with Gasteiger partial charge < -0.3 is 20.1 Å². The van der Waals surface area contributed by atoms with Gasteiger partial charge in [-0.2, -0.15) is 0 Å². The van der Waals surface area contributed by atoms with Crippen LogP contribution in [0, 0.1) is 6.92 Å². The molecule has 30 heavy (non-hydrogen) atoms. The van der Waals surface area contributed by atoms with Crippen LogP contribution in [0.2, 0.25) is 0 Å². The molecule has 0 bridgehead atoms. The van der Waals surface area contributed by atoms with E-state index in [1.54, 1.807) is 0 Å². The summed E-state index contributed by atoms with van der Waals surface area (Å²) >= 11 is 0. The van der Waals surface area contributed by atoms with Crippen molar-refractivity contribution in [2.45, 2.75) is 33.1 Å². The van der Waals surface area contributed by atoms with E-state index in [1.165, 1.54) is 6.07 Å². The van der Waals surface area contributed by atoms with Crippen LogP contribution in [-0.2, 0) is 6.42 Å². The number of benzene rings is 1. The third kappa shape index (κ3) is 4.03. The second-order valence-electron chi connectivity index (χ2n) is 8.06. The van der Waals surface area contributed by atoms with E-state index in [1.807, 2.05) is 19.1 Å². The lowest BCUT2D eigenvalue weighted by molar-refractivity contribution is 0.0971. The highest BCUT2D eigenvalue weighted by atomic mass is 16.2. The van der Waals surface area contributed by atoms with Crippen LogP contribution in [0.15, 0.2) is 29.1 Å². The zero-order chi connectivity index (χ0) is 21.3. The van der Waals surface area contributed by atoms with Crippen molar-refractivity contribution < 1.29 is 9.59 Å². The van der Waals surface area contributed by atoms with Gasteiger partial charge in [0.15, 0.2) is 5.78 Å². The van der Waals surface area contributed by atoms with E-state index in [0.717, 1.165) is 50.4 Å². The second kappa shape index (κ2) is 8.44. The summed E-state index contributed by atoms with van der Waals surface area (Å²) in [6.07, 6.45) is 1.84. The number of hydrogen-bond donors (Lipinski definition) is 2. The van der Waals surface area contributed by atoms with Gasteiger partial charge in [-0.05, 0) is 56.1 Å². The maximum atomic E-state index is 12.8. The molecule has 2 aliphatic rings. The molecule has 1 fully saturated rings. The van der Waals surface area contributed by atoms with Crippen LogP contribution in [0.1, 0.15) is 51.7 Å². The zero-order valence-corrected chi connectivity index (χ0v) is 17.6. The van der Waals surface area contributed by atoms with Gasteiger partial charge in [0, 0.05) is 55.2 Å². The summed E-state index contributed by atoms with van der Waals surface area (Å²) in [7, 11) is 0. The SMILES string of the molecule is CCN1CCN(c2ccc(NC(=O)c3cc4c([nH]c3=O)CCCC4=O)c(C)c2)CC1. The van der Waals surface area contributed by atoms with Crippen LogP contribution < -0.4 is 15.8 Å². The molecule has 2 N–H and O–H groups in total. The van der Waals surface area contributed by atoms with Crippen molar-refractivity contribution in [3.05, 3.63) is 57.0 Å². The maximum absolute atomic E-state index is 12.8. The lowest BCUT2D eigenvalue weighted by atomic mass is 9.93. The lowest BCUT2D eigenvalue weighted by Gasteiger charge is -2.35. The molecule has 2 aromatic rings. The van der Waals surface area contributed by atoms with Crippen LogP contribution in [-0.4, -0.2) is 54.3 Å². The minimum atomic E-state index is -0.496. The Balaban J connectivity index is 1.51. The van der Waals surface area contributed by atoms with Gasteiger partial charge in [-0.25, -0.2) is 0 Å². The first kappa shape index (κ1) is 20.3. The minimum Gasteiger partial charge on any atom is -0.369 e. The monoisotopic (exact) mass is 408 g/mol. The Hall–Kier alpha value is -2.93. The number of nitrogens with zero attached hydrogens (tertiary/aromatic N) is 2. The number of anilines is 2. The predicted molar refractivity (Wildman–Crippen MR) is 118 cm³/mol. The highest BCUT2D eigenvalue weighted by Gasteiger charge is 2.22. The number of piperazine rings is 1.